The number of halogens is 1. The number of carbonyl (C=O) groups is 1. The third kappa shape index (κ3) is 3.34. The maximum Gasteiger partial charge on any atom is 0.352 e. The molecule has 0 saturated carbocycles. The largest absolute Gasteiger partial charge is 0.477 e. The number of nitrogens with one attached hydrogen (secondary N) is 1. The van der Waals surface area contributed by atoms with E-state index in [0.717, 1.165) is 35.7 Å². The number of fused-ring (bicyclic) bond motifs is 1. The van der Waals surface area contributed by atoms with Crippen molar-refractivity contribution in [2.45, 2.75) is 45.4 Å². The number of hydrogen-bond acceptors (Lipinski definition) is 1. The number of rotatable bonds is 7. The van der Waals surface area contributed by atoms with Gasteiger partial charge in [0, 0.05) is 15.9 Å². The zero-order valence-electron chi connectivity index (χ0n) is 11.7. The van der Waals surface area contributed by atoms with Gasteiger partial charge in [0.15, 0.2) is 0 Å². The SMILES string of the molecule is CCCCCCCc1c(C(=O)O)[nH]c2ccc(Cl)cc12. The molecule has 1 aromatic heterocycles. The summed E-state index contributed by atoms with van der Waals surface area (Å²) in [6.45, 7) is 2.18. The minimum absolute atomic E-state index is 0.303. The summed E-state index contributed by atoms with van der Waals surface area (Å²) in [5.41, 5.74) is 2.03. The van der Waals surface area contributed by atoms with E-state index in [0.29, 0.717) is 10.7 Å². The number of unbranched alkanes of at least 4 members (excludes halogenated alkanes) is 4. The van der Waals surface area contributed by atoms with Crippen LogP contribution in [0.4, 0.5) is 0 Å². The van der Waals surface area contributed by atoms with E-state index in [4.69, 9.17) is 11.6 Å². The molecule has 0 radical (unpaired) electrons. The van der Waals surface area contributed by atoms with Gasteiger partial charge in [0.1, 0.15) is 5.69 Å². The van der Waals surface area contributed by atoms with Crippen molar-refractivity contribution >= 4 is 28.5 Å². The number of carboxylic acids is 1. The Morgan fingerprint density at radius 2 is 2.00 bits per heavy atom. The molecule has 0 amide bonds. The van der Waals surface area contributed by atoms with Gasteiger partial charge in [-0.15, -0.1) is 0 Å². The summed E-state index contributed by atoms with van der Waals surface area (Å²) in [6, 6.07) is 5.46. The Balaban J connectivity index is 2.22. The summed E-state index contributed by atoms with van der Waals surface area (Å²) in [5, 5.41) is 10.9. The van der Waals surface area contributed by atoms with Crippen LogP contribution in [0.2, 0.25) is 5.02 Å². The molecule has 0 aliphatic rings. The maximum absolute atomic E-state index is 11.3. The highest BCUT2D eigenvalue weighted by Crippen LogP contribution is 2.27. The second-order valence-corrected chi connectivity index (χ2v) is 5.57. The molecular formula is C16H20ClNO2. The van der Waals surface area contributed by atoms with Crippen LogP contribution in [-0.2, 0) is 6.42 Å². The number of aromatic carboxylic acids is 1. The maximum atomic E-state index is 11.3. The van der Waals surface area contributed by atoms with Crippen LogP contribution in [0.25, 0.3) is 10.9 Å². The van der Waals surface area contributed by atoms with Gasteiger partial charge in [-0.1, -0.05) is 44.2 Å². The molecule has 0 aliphatic heterocycles. The zero-order valence-corrected chi connectivity index (χ0v) is 12.5. The second-order valence-electron chi connectivity index (χ2n) is 5.14. The number of benzene rings is 1. The van der Waals surface area contributed by atoms with E-state index in [2.05, 4.69) is 11.9 Å². The van der Waals surface area contributed by atoms with Crippen LogP contribution < -0.4 is 0 Å². The Morgan fingerprint density at radius 3 is 2.70 bits per heavy atom. The van der Waals surface area contributed by atoms with E-state index in [1.165, 1.54) is 19.3 Å². The number of aryl methyl sites for hydroxylation is 1. The molecule has 108 valence electrons. The monoisotopic (exact) mass is 293 g/mol. The fraction of sp³-hybridized carbons (Fsp3) is 0.438. The van der Waals surface area contributed by atoms with Crippen LogP contribution in [-0.4, -0.2) is 16.1 Å². The number of aromatic nitrogens is 1. The number of H-pyrrole nitrogens is 1. The Labute approximate surface area is 124 Å². The molecule has 0 atom stereocenters. The Morgan fingerprint density at radius 1 is 1.25 bits per heavy atom. The van der Waals surface area contributed by atoms with Crippen LogP contribution in [0.5, 0.6) is 0 Å². The summed E-state index contributed by atoms with van der Waals surface area (Å²) in [6.07, 6.45) is 6.60. The van der Waals surface area contributed by atoms with Crippen molar-refractivity contribution in [2.24, 2.45) is 0 Å². The van der Waals surface area contributed by atoms with E-state index in [1.807, 2.05) is 12.1 Å². The fourth-order valence-electron chi connectivity index (χ4n) is 2.57. The van der Waals surface area contributed by atoms with Gasteiger partial charge in [0.25, 0.3) is 0 Å². The molecule has 3 nitrogen and oxygen atoms in total. The minimum atomic E-state index is -0.902. The molecule has 2 aromatic rings. The smallest absolute Gasteiger partial charge is 0.352 e. The molecule has 4 heteroatoms. The summed E-state index contributed by atoms with van der Waals surface area (Å²) < 4.78 is 0. The predicted octanol–water partition coefficient (Wildman–Crippen LogP) is 5.03. The highest BCUT2D eigenvalue weighted by molar-refractivity contribution is 6.31. The van der Waals surface area contributed by atoms with Crippen molar-refractivity contribution in [2.75, 3.05) is 0 Å². The lowest BCUT2D eigenvalue weighted by Gasteiger charge is -2.02. The highest BCUT2D eigenvalue weighted by Gasteiger charge is 2.16. The standard InChI is InChI=1S/C16H20ClNO2/c1-2-3-4-5-6-7-12-13-10-11(17)8-9-14(13)18-15(12)16(19)20/h8-10,18H,2-7H2,1H3,(H,19,20). The van der Waals surface area contributed by atoms with Crippen molar-refractivity contribution in [1.82, 2.24) is 4.98 Å². The van der Waals surface area contributed by atoms with E-state index in [1.54, 1.807) is 6.07 Å². The first-order chi connectivity index (χ1) is 9.63. The average molecular weight is 294 g/mol. The number of hydrogen-bond donors (Lipinski definition) is 2. The van der Waals surface area contributed by atoms with Crippen molar-refractivity contribution in [3.8, 4) is 0 Å². The second kappa shape index (κ2) is 6.80. The molecule has 0 fully saturated rings. The van der Waals surface area contributed by atoms with Gasteiger partial charge in [0.2, 0.25) is 0 Å². The van der Waals surface area contributed by atoms with Crippen molar-refractivity contribution in [3.05, 3.63) is 34.5 Å². The highest BCUT2D eigenvalue weighted by atomic mass is 35.5. The molecule has 1 heterocycles. The topological polar surface area (TPSA) is 53.1 Å². The molecule has 0 spiro atoms. The predicted molar refractivity (Wildman–Crippen MR) is 82.7 cm³/mol. The third-order valence-electron chi connectivity index (χ3n) is 3.61. The summed E-state index contributed by atoms with van der Waals surface area (Å²) >= 11 is 6.02. The molecule has 2 N–H and O–H groups in total. The van der Waals surface area contributed by atoms with E-state index < -0.39 is 5.97 Å². The van der Waals surface area contributed by atoms with Crippen LogP contribution in [0, 0.1) is 0 Å². The van der Waals surface area contributed by atoms with Gasteiger partial charge < -0.3 is 10.1 Å². The zero-order chi connectivity index (χ0) is 14.5. The first-order valence-corrected chi connectivity index (χ1v) is 7.54. The Bertz CT molecular complexity index is 604. The van der Waals surface area contributed by atoms with Crippen molar-refractivity contribution in [3.63, 3.8) is 0 Å². The summed E-state index contributed by atoms with van der Waals surface area (Å²) in [4.78, 5) is 14.3. The van der Waals surface area contributed by atoms with Gasteiger partial charge in [-0.25, -0.2) is 4.79 Å². The Hall–Kier alpha value is -1.48. The average Bonchev–Trinajstić information content (AvgIpc) is 2.77. The molecule has 0 bridgehead atoms. The lowest BCUT2D eigenvalue weighted by molar-refractivity contribution is 0.0690. The number of aromatic amines is 1. The fourth-order valence-corrected chi connectivity index (χ4v) is 2.74. The van der Waals surface area contributed by atoms with Crippen molar-refractivity contribution < 1.29 is 9.90 Å². The molecule has 0 unspecified atom stereocenters. The van der Waals surface area contributed by atoms with Gasteiger partial charge in [-0.3, -0.25) is 0 Å². The van der Waals surface area contributed by atoms with Gasteiger partial charge in [-0.05, 0) is 36.6 Å². The van der Waals surface area contributed by atoms with Gasteiger partial charge in [0.05, 0.1) is 0 Å². The summed E-state index contributed by atoms with van der Waals surface area (Å²) in [7, 11) is 0. The minimum Gasteiger partial charge on any atom is -0.477 e. The first-order valence-electron chi connectivity index (χ1n) is 7.17. The van der Waals surface area contributed by atoms with Crippen LogP contribution in [0.1, 0.15) is 55.1 Å². The molecule has 1 aromatic carbocycles. The van der Waals surface area contributed by atoms with Crippen LogP contribution in [0.15, 0.2) is 18.2 Å². The normalized spacial score (nSPS) is 11.1. The molecular weight excluding hydrogens is 274 g/mol. The number of carboxylic acid groups (broad SMARTS) is 1. The summed E-state index contributed by atoms with van der Waals surface area (Å²) in [5.74, 6) is -0.902. The molecule has 0 saturated heterocycles. The first kappa shape index (κ1) is 14.9. The van der Waals surface area contributed by atoms with E-state index in [9.17, 15) is 9.90 Å². The molecule has 20 heavy (non-hydrogen) atoms. The van der Waals surface area contributed by atoms with Gasteiger partial charge >= 0.3 is 5.97 Å². The van der Waals surface area contributed by atoms with Crippen molar-refractivity contribution in [1.29, 1.82) is 0 Å². The molecule has 2 rings (SSSR count). The quantitative estimate of drug-likeness (QED) is 0.703. The van der Waals surface area contributed by atoms with Crippen LogP contribution >= 0.6 is 11.6 Å². The lowest BCUT2D eigenvalue weighted by atomic mass is 10.0. The van der Waals surface area contributed by atoms with Crippen LogP contribution in [0.3, 0.4) is 0 Å². The lowest BCUT2D eigenvalue weighted by Crippen LogP contribution is -2.01. The molecule has 0 aliphatic carbocycles. The Kier molecular flexibility index (Phi) is 5.07. The third-order valence-corrected chi connectivity index (χ3v) is 3.85. The van der Waals surface area contributed by atoms with E-state index >= 15 is 0 Å². The van der Waals surface area contributed by atoms with E-state index in [-0.39, 0.29) is 0 Å². The van der Waals surface area contributed by atoms with Gasteiger partial charge in [-0.2, -0.15) is 0 Å².